The van der Waals surface area contributed by atoms with Gasteiger partial charge in [0, 0.05) is 31.7 Å². The smallest absolute Gasteiger partial charge is 0.251 e. The number of nitrogens with one attached hydrogen (secondary N) is 2. The maximum atomic E-state index is 13.2. The highest BCUT2D eigenvalue weighted by Gasteiger charge is 2.10. The SMILES string of the molecule is CC(C)OCCCNc1ccc2nnc(CCNC(=O)c3cccc(F)c3)n2n1. The number of rotatable bonds is 10. The summed E-state index contributed by atoms with van der Waals surface area (Å²) in [4.78, 5) is 12.1. The summed E-state index contributed by atoms with van der Waals surface area (Å²) in [5.41, 5.74) is 0.910. The summed E-state index contributed by atoms with van der Waals surface area (Å²) in [6.45, 7) is 5.79. The standard InChI is InChI=1S/C20H25FN6O2/c1-14(2)29-12-4-10-22-17-7-8-18-24-25-19(27(18)26-17)9-11-23-20(28)15-5-3-6-16(21)13-15/h3,5-8,13-14H,4,9-12H2,1-2H3,(H,22,26)(H,23,28). The molecule has 29 heavy (non-hydrogen) atoms. The van der Waals surface area contributed by atoms with Gasteiger partial charge >= 0.3 is 0 Å². The van der Waals surface area contributed by atoms with E-state index in [1.54, 1.807) is 10.6 Å². The first-order valence-corrected chi connectivity index (χ1v) is 9.63. The summed E-state index contributed by atoms with van der Waals surface area (Å²) in [5, 5.41) is 18.8. The molecule has 0 saturated carbocycles. The number of carbonyl (C=O) groups excluding carboxylic acids is 1. The van der Waals surface area contributed by atoms with E-state index >= 15 is 0 Å². The van der Waals surface area contributed by atoms with Crippen molar-refractivity contribution >= 4 is 17.4 Å². The quantitative estimate of drug-likeness (QED) is 0.508. The zero-order chi connectivity index (χ0) is 20.6. The van der Waals surface area contributed by atoms with Gasteiger partial charge in [0.05, 0.1) is 6.10 Å². The Bertz CT molecular complexity index is 959. The van der Waals surface area contributed by atoms with E-state index in [9.17, 15) is 9.18 Å². The molecule has 3 aromatic rings. The number of amides is 1. The molecule has 0 saturated heterocycles. The molecule has 9 heteroatoms. The van der Waals surface area contributed by atoms with Gasteiger partial charge in [0.25, 0.3) is 5.91 Å². The van der Waals surface area contributed by atoms with E-state index in [4.69, 9.17) is 4.74 Å². The van der Waals surface area contributed by atoms with E-state index in [0.717, 1.165) is 13.0 Å². The minimum Gasteiger partial charge on any atom is -0.379 e. The molecule has 0 spiro atoms. The first-order chi connectivity index (χ1) is 14.0. The monoisotopic (exact) mass is 400 g/mol. The average Bonchev–Trinajstić information content (AvgIpc) is 3.10. The van der Waals surface area contributed by atoms with Crippen LogP contribution in [0.25, 0.3) is 5.65 Å². The van der Waals surface area contributed by atoms with E-state index in [0.29, 0.717) is 36.9 Å². The van der Waals surface area contributed by atoms with Crippen molar-refractivity contribution in [1.29, 1.82) is 0 Å². The van der Waals surface area contributed by atoms with Crippen molar-refractivity contribution in [1.82, 2.24) is 25.1 Å². The fourth-order valence-electron chi connectivity index (χ4n) is 2.71. The van der Waals surface area contributed by atoms with Crippen molar-refractivity contribution in [3.05, 3.63) is 53.6 Å². The highest BCUT2D eigenvalue weighted by molar-refractivity contribution is 5.94. The van der Waals surface area contributed by atoms with Gasteiger partial charge in [-0.05, 0) is 50.6 Å². The predicted molar refractivity (Wildman–Crippen MR) is 107 cm³/mol. The van der Waals surface area contributed by atoms with Crippen LogP contribution in [0.3, 0.4) is 0 Å². The minimum absolute atomic E-state index is 0.227. The summed E-state index contributed by atoms with van der Waals surface area (Å²) in [6, 6.07) is 9.26. The lowest BCUT2D eigenvalue weighted by Crippen LogP contribution is -2.26. The van der Waals surface area contributed by atoms with Gasteiger partial charge < -0.3 is 15.4 Å². The zero-order valence-electron chi connectivity index (χ0n) is 16.6. The third-order valence-corrected chi connectivity index (χ3v) is 4.13. The molecule has 0 radical (unpaired) electrons. The molecule has 154 valence electrons. The second-order valence-corrected chi connectivity index (χ2v) is 6.82. The van der Waals surface area contributed by atoms with E-state index in [1.807, 2.05) is 26.0 Å². The molecule has 0 fully saturated rings. The van der Waals surface area contributed by atoms with Gasteiger partial charge in [-0.2, -0.15) is 4.52 Å². The number of anilines is 1. The molecule has 1 aromatic carbocycles. The number of hydrogen-bond donors (Lipinski definition) is 2. The van der Waals surface area contributed by atoms with E-state index < -0.39 is 5.82 Å². The van der Waals surface area contributed by atoms with Crippen LogP contribution in [-0.4, -0.2) is 51.5 Å². The van der Waals surface area contributed by atoms with E-state index in [2.05, 4.69) is 25.9 Å². The number of carbonyl (C=O) groups is 1. The van der Waals surface area contributed by atoms with Gasteiger partial charge in [-0.3, -0.25) is 4.79 Å². The summed E-state index contributed by atoms with van der Waals surface area (Å²) in [5.74, 6) is 0.566. The van der Waals surface area contributed by atoms with Gasteiger partial charge in [0.15, 0.2) is 11.5 Å². The van der Waals surface area contributed by atoms with Crippen LogP contribution < -0.4 is 10.6 Å². The Labute approximate surface area is 168 Å². The van der Waals surface area contributed by atoms with Crippen LogP contribution in [0.15, 0.2) is 36.4 Å². The van der Waals surface area contributed by atoms with Crippen LogP contribution in [0.2, 0.25) is 0 Å². The van der Waals surface area contributed by atoms with Crippen molar-refractivity contribution in [2.45, 2.75) is 32.8 Å². The first-order valence-electron chi connectivity index (χ1n) is 9.63. The highest BCUT2D eigenvalue weighted by atomic mass is 19.1. The van der Waals surface area contributed by atoms with Crippen LogP contribution in [-0.2, 0) is 11.2 Å². The number of fused-ring (bicyclic) bond motifs is 1. The number of hydrogen-bond acceptors (Lipinski definition) is 6. The molecule has 0 bridgehead atoms. The molecule has 3 rings (SSSR count). The third-order valence-electron chi connectivity index (χ3n) is 4.13. The van der Waals surface area contributed by atoms with Crippen LogP contribution in [0.5, 0.6) is 0 Å². The second kappa shape index (κ2) is 9.92. The lowest BCUT2D eigenvalue weighted by atomic mass is 10.2. The Kier molecular flexibility index (Phi) is 7.07. The minimum atomic E-state index is -0.443. The van der Waals surface area contributed by atoms with Crippen molar-refractivity contribution in [2.24, 2.45) is 0 Å². The molecule has 2 heterocycles. The van der Waals surface area contributed by atoms with Crippen LogP contribution in [0.4, 0.5) is 10.2 Å². The number of halogens is 1. The van der Waals surface area contributed by atoms with Crippen molar-refractivity contribution in [3.63, 3.8) is 0 Å². The van der Waals surface area contributed by atoms with Gasteiger partial charge in [-0.25, -0.2) is 4.39 Å². The van der Waals surface area contributed by atoms with Crippen molar-refractivity contribution in [3.8, 4) is 0 Å². The maximum absolute atomic E-state index is 13.2. The normalized spacial score (nSPS) is 11.2. The third kappa shape index (κ3) is 5.95. The molecular weight excluding hydrogens is 375 g/mol. The number of benzene rings is 1. The number of nitrogens with zero attached hydrogens (tertiary/aromatic N) is 4. The fourth-order valence-corrected chi connectivity index (χ4v) is 2.71. The zero-order valence-corrected chi connectivity index (χ0v) is 16.6. The lowest BCUT2D eigenvalue weighted by molar-refractivity contribution is 0.0787. The molecule has 0 aliphatic rings. The topological polar surface area (TPSA) is 93.4 Å². The first kappa shape index (κ1) is 20.7. The van der Waals surface area contributed by atoms with Crippen LogP contribution in [0, 0.1) is 5.82 Å². The van der Waals surface area contributed by atoms with Gasteiger partial charge in [-0.15, -0.1) is 15.3 Å². The molecule has 0 unspecified atom stereocenters. The average molecular weight is 400 g/mol. The maximum Gasteiger partial charge on any atom is 0.251 e. The molecule has 2 aromatic heterocycles. The van der Waals surface area contributed by atoms with Gasteiger partial charge in [-0.1, -0.05) is 6.07 Å². The number of ether oxygens (including phenoxy) is 1. The lowest BCUT2D eigenvalue weighted by Gasteiger charge is -2.09. The molecule has 8 nitrogen and oxygen atoms in total. The summed E-state index contributed by atoms with van der Waals surface area (Å²) in [7, 11) is 0. The Morgan fingerprint density at radius 3 is 2.86 bits per heavy atom. The highest BCUT2D eigenvalue weighted by Crippen LogP contribution is 2.08. The molecular formula is C20H25FN6O2. The second-order valence-electron chi connectivity index (χ2n) is 6.82. The van der Waals surface area contributed by atoms with Crippen LogP contribution >= 0.6 is 0 Å². The molecule has 1 amide bonds. The number of aromatic nitrogens is 4. The predicted octanol–water partition coefficient (Wildman–Crippen LogP) is 2.46. The molecule has 0 aliphatic carbocycles. The molecule has 0 atom stereocenters. The summed E-state index contributed by atoms with van der Waals surface area (Å²) >= 11 is 0. The Balaban J connectivity index is 1.53. The van der Waals surface area contributed by atoms with E-state index in [1.165, 1.54) is 18.2 Å². The Hall–Kier alpha value is -3.07. The fraction of sp³-hybridized carbons (Fsp3) is 0.400. The molecule has 0 aliphatic heterocycles. The van der Waals surface area contributed by atoms with Crippen molar-refractivity contribution in [2.75, 3.05) is 25.0 Å². The Morgan fingerprint density at radius 1 is 1.21 bits per heavy atom. The van der Waals surface area contributed by atoms with Crippen LogP contribution in [0.1, 0.15) is 36.5 Å². The van der Waals surface area contributed by atoms with E-state index in [-0.39, 0.29) is 17.6 Å². The molecule has 2 N–H and O–H groups in total. The van der Waals surface area contributed by atoms with Gasteiger partial charge in [0.1, 0.15) is 11.6 Å². The summed E-state index contributed by atoms with van der Waals surface area (Å²) < 4.78 is 20.4. The largest absolute Gasteiger partial charge is 0.379 e. The van der Waals surface area contributed by atoms with Crippen molar-refractivity contribution < 1.29 is 13.9 Å². The van der Waals surface area contributed by atoms with Gasteiger partial charge in [0.2, 0.25) is 0 Å². The summed E-state index contributed by atoms with van der Waals surface area (Å²) in [6.07, 6.45) is 1.55. The Morgan fingerprint density at radius 2 is 2.07 bits per heavy atom.